The van der Waals surface area contributed by atoms with Crippen LogP contribution >= 0.6 is 35.3 Å². The second-order valence-corrected chi connectivity index (χ2v) is 7.27. The summed E-state index contributed by atoms with van der Waals surface area (Å²) in [4.78, 5) is 12.0. The molecule has 5 nitrogen and oxygen atoms in total. The average Bonchev–Trinajstić information content (AvgIpc) is 2.95. The lowest BCUT2D eigenvalue weighted by atomic mass is 10.2. The SMILES string of the molecule is CCN(CC)c1ccc(CNC(=NC)NCc2nc(C)c(C)s2)cc1F.I. The number of nitrogens with one attached hydrogen (secondary N) is 2. The highest BCUT2D eigenvalue weighted by atomic mass is 127. The number of benzene rings is 1. The van der Waals surface area contributed by atoms with Crippen molar-refractivity contribution in [2.24, 2.45) is 4.99 Å². The number of thiazole rings is 1. The summed E-state index contributed by atoms with van der Waals surface area (Å²) in [5.41, 5.74) is 2.59. The molecule has 1 aromatic heterocycles. The average molecular weight is 505 g/mol. The molecule has 0 bridgehead atoms. The largest absolute Gasteiger partial charge is 0.370 e. The van der Waals surface area contributed by atoms with Crippen LogP contribution in [-0.2, 0) is 13.1 Å². The maximum Gasteiger partial charge on any atom is 0.191 e. The first kappa shape index (κ1) is 23.6. The van der Waals surface area contributed by atoms with Crippen molar-refractivity contribution in [1.82, 2.24) is 15.6 Å². The van der Waals surface area contributed by atoms with Crippen molar-refractivity contribution in [2.45, 2.75) is 40.8 Å². The molecule has 0 aliphatic rings. The first-order valence-corrected chi connectivity index (χ1v) is 9.70. The van der Waals surface area contributed by atoms with Crippen molar-refractivity contribution < 1.29 is 4.39 Å². The minimum Gasteiger partial charge on any atom is -0.370 e. The Labute approximate surface area is 182 Å². The topological polar surface area (TPSA) is 52.5 Å². The third kappa shape index (κ3) is 6.60. The molecule has 1 aromatic carbocycles. The Hall–Kier alpha value is -1.42. The number of halogens is 2. The fourth-order valence-corrected chi connectivity index (χ4v) is 3.54. The molecule has 0 aliphatic heterocycles. The van der Waals surface area contributed by atoms with Gasteiger partial charge in [-0.1, -0.05) is 6.07 Å². The third-order valence-electron chi connectivity index (χ3n) is 4.28. The van der Waals surface area contributed by atoms with Gasteiger partial charge in [-0.3, -0.25) is 4.99 Å². The van der Waals surface area contributed by atoms with Crippen LogP contribution in [0.3, 0.4) is 0 Å². The van der Waals surface area contributed by atoms with Crippen molar-refractivity contribution in [1.29, 1.82) is 0 Å². The molecule has 150 valence electrons. The number of aromatic nitrogens is 1. The summed E-state index contributed by atoms with van der Waals surface area (Å²) in [5, 5.41) is 7.49. The summed E-state index contributed by atoms with van der Waals surface area (Å²) in [5.74, 6) is 0.480. The number of aliphatic imine (C=N–C) groups is 1. The van der Waals surface area contributed by atoms with Crippen LogP contribution in [0.25, 0.3) is 0 Å². The van der Waals surface area contributed by atoms with Gasteiger partial charge in [-0.25, -0.2) is 9.37 Å². The van der Waals surface area contributed by atoms with Gasteiger partial charge in [0, 0.05) is 31.6 Å². The molecule has 0 saturated heterocycles. The number of rotatable bonds is 7. The van der Waals surface area contributed by atoms with Gasteiger partial charge in [0.15, 0.2) is 5.96 Å². The van der Waals surface area contributed by atoms with Crippen molar-refractivity contribution in [3.05, 3.63) is 45.2 Å². The summed E-state index contributed by atoms with van der Waals surface area (Å²) < 4.78 is 14.4. The van der Waals surface area contributed by atoms with E-state index in [-0.39, 0.29) is 29.8 Å². The van der Waals surface area contributed by atoms with E-state index in [9.17, 15) is 4.39 Å². The predicted octanol–water partition coefficient (Wildman–Crippen LogP) is 4.23. The van der Waals surface area contributed by atoms with Crippen LogP contribution in [0.2, 0.25) is 0 Å². The minimum absolute atomic E-state index is 0. The van der Waals surface area contributed by atoms with Gasteiger partial charge >= 0.3 is 0 Å². The third-order valence-corrected chi connectivity index (χ3v) is 5.35. The smallest absolute Gasteiger partial charge is 0.191 e. The van der Waals surface area contributed by atoms with E-state index < -0.39 is 0 Å². The highest BCUT2D eigenvalue weighted by molar-refractivity contribution is 14.0. The van der Waals surface area contributed by atoms with Crippen LogP contribution in [0.4, 0.5) is 10.1 Å². The summed E-state index contributed by atoms with van der Waals surface area (Å²) in [6.45, 7) is 10.8. The lowest BCUT2D eigenvalue weighted by Crippen LogP contribution is -2.36. The minimum atomic E-state index is -0.190. The number of aryl methyl sites for hydroxylation is 2. The molecule has 2 aromatic rings. The van der Waals surface area contributed by atoms with Gasteiger partial charge in [0.25, 0.3) is 0 Å². The van der Waals surface area contributed by atoms with Gasteiger partial charge in [0.1, 0.15) is 10.8 Å². The lowest BCUT2D eigenvalue weighted by molar-refractivity contribution is 0.617. The van der Waals surface area contributed by atoms with Crippen LogP contribution in [0.15, 0.2) is 23.2 Å². The number of nitrogens with zero attached hydrogens (tertiary/aromatic N) is 3. The molecule has 8 heteroatoms. The van der Waals surface area contributed by atoms with E-state index in [2.05, 4.69) is 27.5 Å². The van der Waals surface area contributed by atoms with Crippen LogP contribution in [0.1, 0.15) is 35.0 Å². The van der Waals surface area contributed by atoms with Crippen LogP contribution < -0.4 is 15.5 Å². The van der Waals surface area contributed by atoms with E-state index in [1.165, 1.54) is 4.88 Å². The first-order valence-electron chi connectivity index (χ1n) is 8.89. The van der Waals surface area contributed by atoms with E-state index in [4.69, 9.17) is 0 Å². The molecule has 0 spiro atoms. The van der Waals surface area contributed by atoms with E-state index in [1.54, 1.807) is 24.5 Å². The van der Waals surface area contributed by atoms with Gasteiger partial charge in [0.2, 0.25) is 0 Å². The normalized spacial score (nSPS) is 11.1. The Morgan fingerprint density at radius 2 is 1.85 bits per heavy atom. The van der Waals surface area contributed by atoms with Crippen LogP contribution in [0, 0.1) is 19.7 Å². The van der Waals surface area contributed by atoms with E-state index in [1.807, 2.05) is 37.8 Å². The molecule has 0 atom stereocenters. The molecule has 0 amide bonds. The van der Waals surface area contributed by atoms with Gasteiger partial charge in [-0.15, -0.1) is 35.3 Å². The number of hydrogen-bond donors (Lipinski definition) is 2. The van der Waals surface area contributed by atoms with Crippen LogP contribution in [0.5, 0.6) is 0 Å². The van der Waals surface area contributed by atoms with Crippen LogP contribution in [-0.4, -0.2) is 31.1 Å². The summed E-state index contributed by atoms with van der Waals surface area (Å²) in [6.07, 6.45) is 0. The summed E-state index contributed by atoms with van der Waals surface area (Å²) in [6, 6.07) is 5.38. The molecule has 0 aliphatic carbocycles. The Balaban J connectivity index is 0.00000364. The fraction of sp³-hybridized carbons (Fsp3) is 0.474. The molecule has 2 N–H and O–H groups in total. The molecule has 0 unspecified atom stereocenters. The molecule has 1 heterocycles. The maximum absolute atomic E-state index is 14.4. The first-order chi connectivity index (χ1) is 12.5. The number of guanidine groups is 1. The molecule has 0 fully saturated rings. The van der Waals surface area contributed by atoms with Crippen molar-refractivity contribution in [3.63, 3.8) is 0 Å². The summed E-state index contributed by atoms with van der Waals surface area (Å²) in [7, 11) is 1.72. The lowest BCUT2D eigenvalue weighted by Gasteiger charge is -2.22. The van der Waals surface area contributed by atoms with Crippen molar-refractivity contribution in [3.8, 4) is 0 Å². The standard InChI is InChI=1S/C19H28FN5S.HI/c1-6-25(7-2)17-9-8-15(10-16(17)20)11-22-19(21-5)23-12-18-24-13(3)14(4)26-18;/h8-10H,6-7,11-12H2,1-5H3,(H2,21,22,23);1H. The second-order valence-electron chi connectivity index (χ2n) is 5.99. The Kier molecular flexibility index (Phi) is 10.00. The number of anilines is 1. The highest BCUT2D eigenvalue weighted by Gasteiger charge is 2.10. The van der Waals surface area contributed by atoms with Gasteiger partial charge in [-0.05, 0) is 45.4 Å². The Morgan fingerprint density at radius 3 is 2.37 bits per heavy atom. The van der Waals surface area contributed by atoms with Crippen molar-refractivity contribution >= 4 is 47.0 Å². The van der Waals surface area contributed by atoms with E-state index in [0.29, 0.717) is 24.7 Å². The quantitative estimate of drug-likeness (QED) is 0.336. The molecule has 0 saturated carbocycles. The zero-order chi connectivity index (χ0) is 19.1. The van der Waals surface area contributed by atoms with E-state index >= 15 is 0 Å². The second kappa shape index (κ2) is 11.4. The van der Waals surface area contributed by atoms with E-state index in [0.717, 1.165) is 29.4 Å². The number of hydrogen-bond acceptors (Lipinski definition) is 4. The van der Waals surface area contributed by atoms with Gasteiger partial charge in [-0.2, -0.15) is 0 Å². The predicted molar refractivity (Wildman–Crippen MR) is 124 cm³/mol. The zero-order valence-corrected chi connectivity index (χ0v) is 19.7. The zero-order valence-electron chi connectivity index (χ0n) is 16.6. The Morgan fingerprint density at radius 1 is 1.19 bits per heavy atom. The molecular weight excluding hydrogens is 476 g/mol. The molecule has 0 radical (unpaired) electrons. The van der Waals surface area contributed by atoms with Gasteiger partial charge < -0.3 is 15.5 Å². The van der Waals surface area contributed by atoms with Gasteiger partial charge in [0.05, 0.1) is 17.9 Å². The monoisotopic (exact) mass is 505 g/mol. The van der Waals surface area contributed by atoms with Crippen molar-refractivity contribution in [2.75, 3.05) is 25.0 Å². The summed E-state index contributed by atoms with van der Waals surface area (Å²) >= 11 is 1.68. The Bertz CT molecular complexity index is 739. The molecule has 27 heavy (non-hydrogen) atoms. The maximum atomic E-state index is 14.4. The molecule has 2 rings (SSSR count). The highest BCUT2D eigenvalue weighted by Crippen LogP contribution is 2.20. The fourth-order valence-electron chi connectivity index (χ4n) is 2.66. The molecular formula is C19H29FIN5S.